The van der Waals surface area contributed by atoms with Crippen LogP contribution in [0.15, 0.2) is 46.3 Å². The van der Waals surface area contributed by atoms with Crippen molar-refractivity contribution in [3.8, 4) is 0 Å². The molecule has 1 atom stereocenters. The van der Waals surface area contributed by atoms with Crippen molar-refractivity contribution in [2.24, 2.45) is 0 Å². The molecule has 5 heteroatoms. The molecule has 2 nitrogen and oxygen atoms in total. The summed E-state index contributed by atoms with van der Waals surface area (Å²) in [5.74, 6) is -1.19. The number of hydrogen-bond donors (Lipinski definition) is 1. The third-order valence-corrected chi connectivity index (χ3v) is 3.64. The van der Waals surface area contributed by atoms with Crippen LogP contribution in [0.3, 0.4) is 0 Å². The lowest BCUT2D eigenvalue weighted by atomic mass is 10.2. The number of aliphatic hydroxyl groups is 1. The lowest BCUT2D eigenvalue weighted by molar-refractivity contribution is 0.169. The van der Waals surface area contributed by atoms with Crippen LogP contribution >= 0.6 is 11.8 Å². The summed E-state index contributed by atoms with van der Waals surface area (Å²) in [5.41, 5.74) is 0.589. The number of benzene rings is 1. The van der Waals surface area contributed by atoms with E-state index in [1.54, 1.807) is 18.3 Å². The lowest BCUT2D eigenvalue weighted by Gasteiger charge is -2.08. The second-order valence-electron chi connectivity index (χ2n) is 4.02. The van der Waals surface area contributed by atoms with Crippen molar-refractivity contribution in [3.05, 3.63) is 53.9 Å². The molecule has 0 aliphatic heterocycles. The fraction of sp³-hybridized carbons (Fsp3) is 0.214. The van der Waals surface area contributed by atoms with E-state index in [9.17, 15) is 13.9 Å². The molecule has 0 radical (unpaired) electrons. The van der Waals surface area contributed by atoms with Crippen LogP contribution in [0, 0.1) is 11.6 Å². The molecule has 0 amide bonds. The van der Waals surface area contributed by atoms with E-state index in [4.69, 9.17) is 0 Å². The van der Waals surface area contributed by atoms with Crippen LogP contribution in [-0.4, -0.2) is 10.1 Å². The molecule has 2 rings (SSSR count). The lowest BCUT2D eigenvalue weighted by Crippen LogP contribution is -1.97. The summed E-state index contributed by atoms with van der Waals surface area (Å²) in [6.45, 7) is 1.86. The van der Waals surface area contributed by atoms with Gasteiger partial charge in [-0.15, -0.1) is 0 Å². The molecular weight excluding hydrogens is 268 g/mol. The Hall–Kier alpha value is -1.46. The number of hydrogen-bond acceptors (Lipinski definition) is 3. The zero-order chi connectivity index (χ0) is 13.8. The number of aliphatic hydroxyl groups excluding tert-OH is 1. The van der Waals surface area contributed by atoms with E-state index in [1.807, 2.05) is 6.92 Å². The molecule has 1 N–H and O–H groups in total. The third kappa shape index (κ3) is 3.52. The fourth-order valence-electron chi connectivity index (χ4n) is 1.54. The van der Waals surface area contributed by atoms with Crippen LogP contribution in [0.1, 0.15) is 25.1 Å². The summed E-state index contributed by atoms with van der Waals surface area (Å²) < 4.78 is 26.3. The highest BCUT2D eigenvalue weighted by Gasteiger charge is 2.08. The molecule has 0 saturated carbocycles. The van der Waals surface area contributed by atoms with Crippen LogP contribution in [-0.2, 0) is 0 Å². The number of aromatic nitrogens is 1. The average Bonchev–Trinajstić information content (AvgIpc) is 2.42. The molecule has 0 spiro atoms. The van der Waals surface area contributed by atoms with E-state index in [0.29, 0.717) is 17.0 Å². The first-order valence-electron chi connectivity index (χ1n) is 5.87. The Bertz CT molecular complexity index is 560. The summed E-state index contributed by atoms with van der Waals surface area (Å²) >= 11 is 1.17. The zero-order valence-corrected chi connectivity index (χ0v) is 11.1. The van der Waals surface area contributed by atoms with Gasteiger partial charge < -0.3 is 5.11 Å². The minimum absolute atomic E-state index is 0.340. The van der Waals surface area contributed by atoms with Gasteiger partial charge in [0.1, 0.15) is 11.6 Å². The van der Waals surface area contributed by atoms with E-state index < -0.39 is 17.7 Å². The quantitative estimate of drug-likeness (QED) is 0.921. The van der Waals surface area contributed by atoms with Crippen LogP contribution in [0.25, 0.3) is 0 Å². The predicted octanol–water partition coefficient (Wildman–Crippen LogP) is 3.95. The standard InChI is InChI=1S/C14H13F2NOS/c1-2-13(18)12-5-4-10(8-17-12)19-14-6-3-9(15)7-11(14)16/h3-8,13,18H,2H2,1H3/t13-/m1/s1. The van der Waals surface area contributed by atoms with Gasteiger partial charge in [-0.1, -0.05) is 18.7 Å². The monoisotopic (exact) mass is 281 g/mol. The maximum atomic E-state index is 13.5. The van der Waals surface area contributed by atoms with Crippen LogP contribution in [0.2, 0.25) is 0 Å². The molecule has 0 aliphatic rings. The Morgan fingerprint density at radius 2 is 2.05 bits per heavy atom. The van der Waals surface area contributed by atoms with Crippen molar-refractivity contribution in [1.29, 1.82) is 0 Å². The van der Waals surface area contributed by atoms with Crippen molar-refractivity contribution >= 4 is 11.8 Å². The van der Waals surface area contributed by atoms with Gasteiger partial charge in [0.05, 0.1) is 11.8 Å². The number of pyridine rings is 1. The highest BCUT2D eigenvalue weighted by Crippen LogP contribution is 2.30. The second-order valence-corrected chi connectivity index (χ2v) is 5.13. The van der Waals surface area contributed by atoms with E-state index in [-0.39, 0.29) is 0 Å². The molecule has 0 fully saturated rings. The smallest absolute Gasteiger partial charge is 0.140 e. The van der Waals surface area contributed by atoms with Crippen molar-refractivity contribution in [3.63, 3.8) is 0 Å². The Kier molecular flexibility index (Phi) is 4.50. The first-order chi connectivity index (χ1) is 9.10. The van der Waals surface area contributed by atoms with Gasteiger partial charge >= 0.3 is 0 Å². The van der Waals surface area contributed by atoms with Gasteiger partial charge in [0.2, 0.25) is 0 Å². The molecule has 1 aromatic heterocycles. The minimum atomic E-state index is -0.596. The van der Waals surface area contributed by atoms with E-state index in [2.05, 4.69) is 4.98 Å². The summed E-state index contributed by atoms with van der Waals surface area (Å²) in [7, 11) is 0. The average molecular weight is 281 g/mol. The van der Waals surface area contributed by atoms with Gasteiger partial charge in [0.15, 0.2) is 0 Å². The third-order valence-electron chi connectivity index (χ3n) is 2.61. The van der Waals surface area contributed by atoms with Crippen molar-refractivity contribution in [1.82, 2.24) is 4.98 Å². The summed E-state index contributed by atoms with van der Waals surface area (Å²) in [6, 6.07) is 6.93. The predicted molar refractivity (Wildman–Crippen MR) is 70.0 cm³/mol. The fourth-order valence-corrected chi connectivity index (χ4v) is 2.33. The molecule has 0 unspecified atom stereocenters. The van der Waals surface area contributed by atoms with Gasteiger partial charge in [-0.3, -0.25) is 4.98 Å². The molecule has 2 aromatic rings. The first-order valence-corrected chi connectivity index (χ1v) is 6.68. The van der Waals surface area contributed by atoms with Crippen LogP contribution in [0.5, 0.6) is 0 Å². The number of nitrogens with zero attached hydrogens (tertiary/aromatic N) is 1. The number of halogens is 2. The summed E-state index contributed by atoms with van der Waals surface area (Å²) in [4.78, 5) is 5.20. The Balaban J connectivity index is 2.15. The van der Waals surface area contributed by atoms with Crippen molar-refractivity contribution in [2.75, 3.05) is 0 Å². The Labute approximate surface area is 114 Å². The molecule has 0 saturated heterocycles. The molecule has 0 bridgehead atoms. The van der Waals surface area contributed by atoms with Gasteiger partial charge in [0, 0.05) is 22.1 Å². The highest BCUT2D eigenvalue weighted by atomic mass is 32.2. The van der Waals surface area contributed by atoms with E-state index in [0.717, 1.165) is 11.0 Å². The summed E-state index contributed by atoms with van der Waals surface area (Å²) in [5, 5.41) is 9.61. The molecule has 100 valence electrons. The first kappa shape index (κ1) is 14.0. The van der Waals surface area contributed by atoms with E-state index >= 15 is 0 Å². The Morgan fingerprint density at radius 1 is 1.26 bits per heavy atom. The normalized spacial score (nSPS) is 12.4. The van der Waals surface area contributed by atoms with Gasteiger partial charge in [-0.25, -0.2) is 8.78 Å². The zero-order valence-electron chi connectivity index (χ0n) is 10.3. The topological polar surface area (TPSA) is 33.1 Å². The molecule has 0 aliphatic carbocycles. The maximum Gasteiger partial charge on any atom is 0.140 e. The highest BCUT2D eigenvalue weighted by molar-refractivity contribution is 7.99. The molecule has 1 aromatic carbocycles. The SMILES string of the molecule is CC[C@@H](O)c1ccc(Sc2ccc(F)cc2F)cn1. The number of rotatable bonds is 4. The summed E-state index contributed by atoms with van der Waals surface area (Å²) in [6.07, 6.45) is 1.58. The van der Waals surface area contributed by atoms with Gasteiger partial charge in [-0.2, -0.15) is 0 Å². The molecule has 1 heterocycles. The second kappa shape index (κ2) is 6.12. The van der Waals surface area contributed by atoms with E-state index in [1.165, 1.54) is 23.9 Å². The van der Waals surface area contributed by atoms with Crippen LogP contribution < -0.4 is 0 Å². The maximum absolute atomic E-state index is 13.5. The van der Waals surface area contributed by atoms with Crippen molar-refractivity contribution in [2.45, 2.75) is 29.2 Å². The van der Waals surface area contributed by atoms with Gasteiger partial charge in [-0.05, 0) is 30.7 Å². The largest absolute Gasteiger partial charge is 0.387 e. The molecule has 19 heavy (non-hydrogen) atoms. The van der Waals surface area contributed by atoms with Crippen molar-refractivity contribution < 1.29 is 13.9 Å². The minimum Gasteiger partial charge on any atom is -0.387 e. The molecular formula is C14H13F2NOS. The Morgan fingerprint density at radius 3 is 2.63 bits per heavy atom. The van der Waals surface area contributed by atoms with Gasteiger partial charge in [0.25, 0.3) is 0 Å². The van der Waals surface area contributed by atoms with Crippen LogP contribution in [0.4, 0.5) is 8.78 Å².